The van der Waals surface area contributed by atoms with Crippen LogP contribution in [0.15, 0.2) is 47.4 Å². The van der Waals surface area contributed by atoms with Gasteiger partial charge in [-0.15, -0.1) is 11.8 Å². The summed E-state index contributed by atoms with van der Waals surface area (Å²) in [7, 11) is 0. The van der Waals surface area contributed by atoms with Crippen molar-refractivity contribution < 1.29 is 18.8 Å². The number of hydrogen-bond acceptors (Lipinski definition) is 4. The number of carbonyl (C=O) groups is 3. The molecule has 2 heterocycles. The highest BCUT2D eigenvalue weighted by Gasteiger charge is 2.28. The summed E-state index contributed by atoms with van der Waals surface area (Å²) in [6, 6.07) is 11.1. The first-order chi connectivity index (χ1) is 13.5. The number of rotatable bonds is 4. The first-order valence-corrected chi connectivity index (χ1v) is 9.90. The highest BCUT2D eigenvalue weighted by molar-refractivity contribution is 7.99. The lowest BCUT2D eigenvalue weighted by Gasteiger charge is -2.26. The topological polar surface area (TPSA) is 78.5 Å². The molecule has 0 aromatic heterocycles. The largest absolute Gasteiger partial charge is 0.345 e. The summed E-state index contributed by atoms with van der Waals surface area (Å²) in [4.78, 5) is 37.6. The van der Waals surface area contributed by atoms with Crippen molar-refractivity contribution in [2.45, 2.75) is 23.9 Å². The molecule has 6 nitrogen and oxygen atoms in total. The molecule has 2 aromatic carbocycles. The van der Waals surface area contributed by atoms with Crippen LogP contribution in [0.3, 0.4) is 0 Å². The fourth-order valence-electron chi connectivity index (χ4n) is 3.34. The van der Waals surface area contributed by atoms with E-state index in [2.05, 4.69) is 10.6 Å². The predicted octanol–water partition coefficient (Wildman–Crippen LogP) is 2.84. The summed E-state index contributed by atoms with van der Waals surface area (Å²) >= 11 is 1.47. The van der Waals surface area contributed by atoms with Crippen LogP contribution in [0.4, 0.5) is 9.18 Å². The quantitative estimate of drug-likeness (QED) is 0.775. The van der Waals surface area contributed by atoms with Crippen LogP contribution in [0.5, 0.6) is 0 Å². The Hall–Kier alpha value is -2.87. The molecule has 1 fully saturated rings. The monoisotopic (exact) mass is 399 g/mol. The molecule has 8 heteroatoms. The van der Waals surface area contributed by atoms with Crippen LogP contribution in [0.25, 0.3) is 0 Å². The third kappa shape index (κ3) is 3.60. The Bertz CT molecular complexity index is 932. The molecule has 2 aliphatic heterocycles. The Morgan fingerprint density at radius 2 is 2.00 bits per heavy atom. The smallest absolute Gasteiger partial charge is 0.324 e. The Kier molecular flexibility index (Phi) is 5.04. The predicted molar refractivity (Wildman–Crippen MR) is 102 cm³/mol. The Balaban J connectivity index is 1.44. The van der Waals surface area contributed by atoms with Gasteiger partial charge < -0.3 is 10.6 Å². The van der Waals surface area contributed by atoms with E-state index in [0.29, 0.717) is 10.5 Å². The number of imide groups is 1. The Morgan fingerprint density at radius 1 is 1.21 bits per heavy atom. The summed E-state index contributed by atoms with van der Waals surface area (Å²) in [5, 5.41) is 5.45. The number of halogens is 1. The molecule has 2 aromatic rings. The van der Waals surface area contributed by atoms with Gasteiger partial charge >= 0.3 is 6.03 Å². The third-order valence-electron chi connectivity index (χ3n) is 4.82. The first kappa shape index (κ1) is 18.5. The first-order valence-electron chi connectivity index (χ1n) is 8.92. The van der Waals surface area contributed by atoms with E-state index in [9.17, 15) is 18.8 Å². The van der Waals surface area contributed by atoms with Gasteiger partial charge in [-0.25, -0.2) is 9.18 Å². The van der Waals surface area contributed by atoms with Crippen molar-refractivity contribution >= 4 is 29.6 Å². The molecular weight excluding hydrogens is 381 g/mol. The molecule has 2 N–H and O–H groups in total. The zero-order valence-electron chi connectivity index (χ0n) is 14.9. The van der Waals surface area contributed by atoms with E-state index in [1.54, 1.807) is 30.3 Å². The summed E-state index contributed by atoms with van der Waals surface area (Å²) in [5.74, 6) is -0.0307. The molecule has 0 spiro atoms. The lowest BCUT2D eigenvalue weighted by Crippen LogP contribution is -2.31. The van der Waals surface area contributed by atoms with E-state index in [4.69, 9.17) is 0 Å². The maximum atomic E-state index is 14.0. The van der Waals surface area contributed by atoms with Crippen molar-refractivity contribution in [3.63, 3.8) is 0 Å². The molecule has 0 unspecified atom stereocenters. The summed E-state index contributed by atoms with van der Waals surface area (Å²) in [6.45, 7) is 0.181. The van der Waals surface area contributed by atoms with Gasteiger partial charge in [-0.3, -0.25) is 14.5 Å². The summed E-state index contributed by atoms with van der Waals surface area (Å²) in [6.07, 6.45) is 0.733. The molecule has 1 saturated heterocycles. The van der Waals surface area contributed by atoms with Gasteiger partial charge in [-0.1, -0.05) is 24.3 Å². The SMILES string of the molecule is O=C(N[C@@H]1CCSc2c(F)cccc21)c1ccc(CN2C(=O)CNC2=O)cc1. The number of carbonyl (C=O) groups excluding carboxylic acids is 3. The number of fused-ring (bicyclic) bond motifs is 1. The van der Waals surface area contributed by atoms with E-state index in [-0.39, 0.29) is 36.8 Å². The average molecular weight is 399 g/mol. The van der Waals surface area contributed by atoms with Crippen molar-refractivity contribution in [1.82, 2.24) is 15.5 Å². The number of urea groups is 1. The van der Waals surface area contributed by atoms with E-state index in [1.807, 2.05) is 6.07 Å². The molecule has 4 amide bonds. The highest BCUT2D eigenvalue weighted by Crippen LogP contribution is 2.37. The van der Waals surface area contributed by atoms with Gasteiger partial charge in [0.15, 0.2) is 0 Å². The molecule has 0 aliphatic carbocycles. The maximum absolute atomic E-state index is 14.0. The Morgan fingerprint density at radius 3 is 2.71 bits per heavy atom. The lowest BCUT2D eigenvalue weighted by molar-refractivity contribution is -0.125. The molecule has 0 radical (unpaired) electrons. The number of amides is 4. The van der Waals surface area contributed by atoms with Crippen LogP contribution in [-0.4, -0.2) is 35.0 Å². The third-order valence-corrected chi connectivity index (χ3v) is 5.98. The van der Waals surface area contributed by atoms with Crippen LogP contribution in [0.1, 0.15) is 33.9 Å². The molecule has 1 atom stereocenters. The van der Waals surface area contributed by atoms with Crippen molar-refractivity contribution in [2.75, 3.05) is 12.3 Å². The number of nitrogens with zero attached hydrogens (tertiary/aromatic N) is 1. The molecule has 28 heavy (non-hydrogen) atoms. The van der Waals surface area contributed by atoms with E-state index in [0.717, 1.165) is 28.2 Å². The van der Waals surface area contributed by atoms with Gasteiger partial charge in [-0.2, -0.15) is 0 Å². The minimum atomic E-state index is -0.409. The fraction of sp³-hybridized carbons (Fsp3) is 0.250. The highest BCUT2D eigenvalue weighted by atomic mass is 32.2. The minimum Gasteiger partial charge on any atom is -0.345 e. The van der Waals surface area contributed by atoms with Crippen molar-refractivity contribution in [3.8, 4) is 0 Å². The van der Waals surface area contributed by atoms with Crippen LogP contribution in [0, 0.1) is 5.82 Å². The van der Waals surface area contributed by atoms with Gasteiger partial charge in [0, 0.05) is 16.2 Å². The van der Waals surface area contributed by atoms with Crippen molar-refractivity contribution in [2.24, 2.45) is 0 Å². The zero-order chi connectivity index (χ0) is 19.7. The minimum absolute atomic E-state index is 0.0149. The Labute approximate surface area is 165 Å². The second kappa shape index (κ2) is 7.63. The lowest BCUT2D eigenvalue weighted by atomic mass is 10.0. The standard InChI is InChI=1S/C20H18FN3O3S/c21-15-3-1-2-14-16(8-9-28-18(14)15)23-19(26)13-6-4-12(5-7-13)11-24-17(25)10-22-20(24)27/h1-7,16H,8-11H2,(H,22,27)(H,23,26)/t16-/m1/s1. The van der Waals surface area contributed by atoms with Gasteiger partial charge in [0.2, 0.25) is 5.91 Å². The second-order valence-corrected chi connectivity index (χ2v) is 7.76. The molecule has 144 valence electrons. The number of nitrogens with one attached hydrogen (secondary N) is 2. The number of thioether (sulfide) groups is 1. The van der Waals surface area contributed by atoms with Gasteiger partial charge in [0.05, 0.1) is 19.1 Å². The van der Waals surface area contributed by atoms with E-state index in [1.165, 1.54) is 17.8 Å². The van der Waals surface area contributed by atoms with Crippen LogP contribution < -0.4 is 10.6 Å². The second-order valence-electron chi connectivity index (χ2n) is 6.66. The van der Waals surface area contributed by atoms with E-state index >= 15 is 0 Å². The normalized spacial score (nSPS) is 18.6. The molecule has 2 aliphatic rings. The number of hydrogen-bond donors (Lipinski definition) is 2. The maximum Gasteiger partial charge on any atom is 0.324 e. The zero-order valence-corrected chi connectivity index (χ0v) is 15.7. The summed E-state index contributed by atoms with van der Waals surface area (Å²) in [5.41, 5.74) is 2.03. The molecule has 0 bridgehead atoms. The van der Waals surface area contributed by atoms with E-state index < -0.39 is 6.03 Å². The average Bonchev–Trinajstić information content (AvgIpc) is 3.01. The van der Waals surface area contributed by atoms with Crippen LogP contribution in [-0.2, 0) is 11.3 Å². The van der Waals surface area contributed by atoms with Crippen LogP contribution in [0.2, 0.25) is 0 Å². The van der Waals surface area contributed by atoms with Gasteiger partial charge in [0.25, 0.3) is 5.91 Å². The summed E-state index contributed by atoms with van der Waals surface area (Å²) < 4.78 is 14.0. The fourth-order valence-corrected chi connectivity index (χ4v) is 4.48. The van der Waals surface area contributed by atoms with Crippen LogP contribution >= 0.6 is 11.8 Å². The molecule has 0 saturated carbocycles. The van der Waals surface area contributed by atoms with Crippen molar-refractivity contribution in [1.29, 1.82) is 0 Å². The van der Waals surface area contributed by atoms with Crippen molar-refractivity contribution in [3.05, 3.63) is 65.0 Å². The number of benzene rings is 2. The molecule has 4 rings (SSSR count). The van der Waals surface area contributed by atoms with Gasteiger partial charge in [-0.05, 0) is 35.7 Å². The molecular formula is C20H18FN3O3S. The van der Waals surface area contributed by atoms with Gasteiger partial charge in [0.1, 0.15) is 5.82 Å².